The molecule has 1 saturated carbocycles. The van der Waals surface area contributed by atoms with E-state index in [1.54, 1.807) is 0 Å². The first-order chi connectivity index (χ1) is 16.4. The highest BCUT2D eigenvalue weighted by molar-refractivity contribution is 5.88. The van der Waals surface area contributed by atoms with Gasteiger partial charge in [0.15, 0.2) is 5.60 Å². The van der Waals surface area contributed by atoms with Gasteiger partial charge in [0.1, 0.15) is 0 Å². The van der Waals surface area contributed by atoms with E-state index in [9.17, 15) is 24.3 Å². The van der Waals surface area contributed by atoms with Gasteiger partial charge in [-0.25, -0.2) is 4.79 Å². The summed E-state index contributed by atoms with van der Waals surface area (Å²) in [5.41, 5.74) is -1.71. The quantitative estimate of drug-likeness (QED) is 0.286. The standard InChI is InChI=1S/C18H28N2O2.C6H8O7/c1-14(2)12-20(13-17(21)22)18(15-8-4-3-5-9-15)16-10-6-7-11-19-16;7-3(8)1-6(13,5(11)12)2-4(9)10/h6-7,10-11,14-15,18H,3-5,8-9,12-13H2,1-2H3,(H,21,22);13H,1-2H2,(H,7,8)(H,9,10)(H,11,12). The number of hydrogen-bond acceptors (Lipinski definition) is 7. The summed E-state index contributed by atoms with van der Waals surface area (Å²) in [7, 11) is 0. The van der Waals surface area contributed by atoms with E-state index < -0.39 is 42.3 Å². The van der Waals surface area contributed by atoms with Crippen LogP contribution >= 0.6 is 0 Å². The Morgan fingerprint density at radius 3 is 1.94 bits per heavy atom. The topological polar surface area (TPSA) is 186 Å². The van der Waals surface area contributed by atoms with Crippen LogP contribution in [0.2, 0.25) is 0 Å². The molecule has 1 aromatic rings. The third-order valence-corrected chi connectivity index (χ3v) is 5.70. The second-order valence-electron chi connectivity index (χ2n) is 9.29. The molecule has 1 unspecified atom stereocenters. The summed E-state index contributed by atoms with van der Waals surface area (Å²) in [6.45, 7) is 5.18. The summed E-state index contributed by atoms with van der Waals surface area (Å²) in [6.07, 6.45) is 5.68. The van der Waals surface area contributed by atoms with E-state index in [1.165, 1.54) is 32.1 Å². The number of aromatic nitrogens is 1. The number of carboxylic acids is 4. The van der Waals surface area contributed by atoms with Gasteiger partial charge in [-0.15, -0.1) is 0 Å². The lowest BCUT2D eigenvalue weighted by Gasteiger charge is -2.38. The first-order valence-corrected chi connectivity index (χ1v) is 11.6. The van der Waals surface area contributed by atoms with Crippen molar-refractivity contribution in [2.24, 2.45) is 11.8 Å². The highest BCUT2D eigenvalue weighted by Gasteiger charge is 2.40. The third-order valence-electron chi connectivity index (χ3n) is 5.70. The summed E-state index contributed by atoms with van der Waals surface area (Å²) in [6, 6.07) is 6.10. The molecule has 0 radical (unpaired) electrons. The monoisotopic (exact) mass is 496 g/mol. The first kappa shape index (κ1) is 30.0. The van der Waals surface area contributed by atoms with Crippen molar-refractivity contribution in [2.45, 2.75) is 70.4 Å². The van der Waals surface area contributed by atoms with Crippen LogP contribution in [-0.2, 0) is 19.2 Å². The summed E-state index contributed by atoms with van der Waals surface area (Å²) in [5.74, 6) is -4.82. The Kier molecular flexibility index (Phi) is 12.3. The van der Waals surface area contributed by atoms with Crippen LogP contribution in [0.3, 0.4) is 0 Å². The predicted octanol–water partition coefficient (Wildman–Crippen LogP) is 2.50. The van der Waals surface area contributed by atoms with E-state index in [0.29, 0.717) is 11.8 Å². The molecule has 0 bridgehead atoms. The third kappa shape index (κ3) is 10.8. The maximum atomic E-state index is 11.3. The molecule has 35 heavy (non-hydrogen) atoms. The molecule has 11 heteroatoms. The first-order valence-electron chi connectivity index (χ1n) is 11.6. The van der Waals surface area contributed by atoms with Gasteiger partial charge in [0.25, 0.3) is 0 Å². The maximum Gasteiger partial charge on any atom is 0.336 e. The molecule has 0 saturated heterocycles. The number of rotatable bonds is 12. The lowest BCUT2D eigenvalue weighted by molar-refractivity contribution is -0.170. The summed E-state index contributed by atoms with van der Waals surface area (Å²) in [4.78, 5) is 48.5. The van der Waals surface area contributed by atoms with Crippen LogP contribution in [0.15, 0.2) is 24.4 Å². The van der Waals surface area contributed by atoms with Crippen LogP contribution < -0.4 is 0 Å². The van der Waals surface area contributed by atoms with Crippen molar-refractivity contribution in [2.75, 3.05) is 13.1 Å². The Morgan fingerprint density at radius 1 is 0.971 bits per heavy atom. The molecule has 11 nitrogen and oxygen atoms in total. The lowest BCUT2D eigenvalue weighted by Crippen LogP contribution is -2.42. The molecule has 0 spiro atoms. The minimum absolute atomic E-state index is 0.0932. The molecule has 0 aromatic carbocycles. The van der Waals surface area contributed by atoms with Gasteiger partial charge >= 0.3 is 23.9 Å². The van der Waals surface area contributed by atoms with E-state index in [4.69, 9.17) is 20.4 Å². The van der Waals surface area contributed by atoms with Crippen molar-refractivity contribution in [3.8, 4) is 0 Å². The van der Waals surface area contributed by atoms with E-state index in [2.05, 4.69) is 29.8 Å². The Morgan fingerprint density at radius 2 is 1.54 bits per heavy atom. The minimum Gasteiger partial charge on any atom is -0.481 e. The van der Waals surface area contributed by atoms with Gasteiger partial charge in [0, 0.05) is 12.7 Å². The number of hydrogen-bond donors (Lipinski definition) is 5. The van der Waals surface area contributed by atoms with Crippen molar-refractivity contribution in [1.29, 1.82) is 0 Å². The largest absolute Gasteiger partial charge is 0.481 e. The zero-order valence-electron chi connectivity index (χ0n) is 20.2. The second kappa shape index (κ2) is 14.4. The van der Waals surface area contributed by atoms with E-state index >= 15 is 0 Å². The highest BCUT2D eigenvalue weighted by atomic mass is 16.4. The molecule has 1 aromatic heterocycles. The molecule has 1 atom stereocenters. The number of carbonyl (C=O) groups is 4. The van der Waals surface area contributed by atoms with Crippen LogP contribution in [0.25, 0.3) is 0 Å². The molecule has 0 amide bonds. The van der Waals surface area contributed by atoms with Crippen LogP contribution in [0, 0.1) is 11.8 Å². The summed E-state index contributed by atoms with van der Waals surface area (Å²) < 4.78 is 0. The fourth-order valence-electron chi connectivity index (χ4n) is 4.36. The molecule has 1 aliphatic carbocycles. The second-order valence-corrected chi connectivity index (χ2v) is 9.29. The summed E-state index contributed by atoms with van der Waals surface area (Å²) >= 11 is 0. The zero-order chi connectivity index (χ0) is 26.6. The number of carboxylic acid groups (broad SMARTS) is 4. The van der Waals surface area contributed by atoms with E-state index in [1.807, 2.05) is 18.3 Å². The van der Waals surface area contributed by atoms with Crippen LogP contribution in [0.5, 0.6) is 0 Å². The molecular formula is C24H36N2O9. The normalized spacial score (nSPS) is 15.2. The van der Waals surface area contributed by atoms with Crippen molar-refractivity contribution >= 4 is 23.9 Å². The highest BCUT2D eigenvalue weighted by Crippen LogP contribution is 2.37. The molecule has 2 rings (SSSR count). The number of pyridine rings is 1. The average molecular weight is 497 g/mol. The maximum absolute atomic E-state index is 11.3. The number of nitrogens with zero attached hydrogens (tertiary/aromatic N) is 2. The Labute approximate surface area is 204 Å². The molecule has 1 aliphatic rings. The lowest BCUT2D eigenvalue weighted by atomic mass is 9.81. The molecule has 196 valence electrons. The van der Waals surface area contributed by atoms with Crippen molar-refractivity contribution in [1.82, 2.24) is 9.88 Å². The Balaban J connectivity index is 0.000000405. The van der Waals surface area contributed by atoms with Gasteiger partial charge in [0.05, 0.1) is 31.1 Å². The number of aliphatic carboxylic acids is 4. The minimum atomic E-state index is -2.74. The predicted molar refractivity (Wildman–Crippen MR) is 125 cm³/mol. The molecule has 5 N–H and O–H groups in total. The fraction of sp³-hybridized carbons (Fsp3) is 0.625. The van der Waals surface area contributed by atoms with Crippen LogP contribution in [-0.4, -0.2) is 78.0 Å². The Hall–Kier alpha value is -3.05. The van der Waals surface area contributed by atoms with Gasteiger partial charge in [-0.3, -0.25) is 24.3 Å². The van der Waals surface area contributed by atoms with Crippen molar-refractivity contribution in [3.63, 3.8) is 0 Å². The van der Waals surface area contributed by atoms with Crippen LogP contribution in [0.1, 0.15) is 70.5 Å². The van der Waals surface area contributed by atoms with E-state index in [-0.39, 0.29) is 12.6 Å². The van der Waals surface area contributed by atoms with Gasteiger partial charge in [-0.05, 0) is 36.8 Å². The summed E-state index contributed by atoms with van der Waals surface area (Å²) in [5, 5.41) is 43.1. The fourth-order valence-corrected chi connectivity index (χ4v) is 4.36. The van der Waals surface area contributed by atoms with Gasteiger partial charge in [0.2, 0.25) is 0 Å². The SMILES string of the molecule is CC(C)CN(CC(=O)O)C(c1ccccn1)C1CCCCC1.O=C(O)CC(O)(CC(=O)O)C(=O)O. The average Bonchev–Trinajstić information content (AvgIpc) is 2.74. The van der Waals surface area contributed by atoms with Gasteiger partial charge < -0.3 is 25.5 Å². The van der Waals surface area contributed by atoms with Crippen molar-refractivity contribution in [3.05, 3.63) is 30.1 Å². The zero-order valence-corrected chi connectivity index (χ0v) is 20.2. The van der Waals surface area contributed by atoms with Gasteiger partial charge in [-0.2, -0.15) is 0 Å². The molecule has 0 aliphatic heterocycles. The van der Waals surface area contributed by atoms with Gasteiger partial charge in [-0.1, -0.05) is 39.2 Å². The number of aliphatic hydroxyl groups is 1. The molecule has 1 fully saturated rings. The molecular weight excluding hydrogens is 460 g/mol. The van der Waals surface area contributed by atoms with Crippen molar-refractivity contribution < 1.29 is 44.7 Å². The Bertz CT molecular complexity index is 823. The van der Waals surface area contributed by atoms with Crippen LogP contribution in [0.4, 0.5) is 0 Å². The van der Waals surface area contributed by atoms with E-state index in [0.717, 1.165) is 12.2 Å². The smallest absolute Gasteiger partial charge is 0.336 e. The molecule has 1 heterocycles.